The van der Waals surface area contributed by atoms with Crippen LogP contribution in [-0.2, 0) is 17.3 Å². The zero-order valence-electron chi connectivity index (χ0n) is 29.5. The number of aromatic nitrogens is 4. The molecule has 0 fully saturated rings. The van der Waals surface area contributed by atoms with Crippen molar-refractivity contribution in [2.75, 3.05) is 0 Å². The molecule has 0 aliphatic carbocycles. The van der Waals surface area contributed by atoms with E-state index >= 15 is 0 Å². The van der Waals surface area contributed by atoms with Crippen LogP contribution in [0, 0.1) is 0 Å². The fraction of sp³-hybridized carbons (Fsp3) is 0.174. The van der Waals surface area contributed by atoms with Crippen LogP contribution in [0.2, 0.25) is 0 Å². The van der Waals surface area contributed by atoms with Crippen LogP contribution >= 0.6 is 11.3 Å². The lowest BCUT2D eigenvalue weighted by Gasteiger charge is -2.27. The Morgan fingerprint density at radius 2 is 1.02 bits per heavy atom. The molecule has 0 aliphatic heterocycles. The topological polar surface area (TPSA) is 51.6 Å². The lowest BCUT2D eigenvalue weighted by atomic mass is 9.80. The molecule has 6 aromatic carbocycles. The summed E-state index contributed by atoms with van der Waals surface area (Å²) >= 11 is 1.71. The van der Waals surface area contributed by atoms with Crippen LogP contribution < -0.4 is 0 Å². The molecular weight excluding hydrogens is 641 g/mol. The van der Waals surface area contributed by atoms with Gasteiger partial charge in [-0.05, 0) is 28.8 Å². The smallest absolute Gasteiger partial charge is 0.143 e. The number of nitrogens with zero attached hydrogens (tertiary/aromatic N) is 4. The molecule has 0 unspecified atom stereocenters. The van der Waals surface area contributed by atoms with Crippen LogP contribution in [0.15, 0.2) is 127 Å². The van der Waals surface area contributed by atoms with Crippen molar-refractivity contribution in [1.29, 1.82) is 0 Å². The molecule has 3 aromatic heterocycles. The highest BCUT2D eigenvalue weighted by Crippen LogP contribution is 2.41. The number of rotatable bonds is 5. The van der Waals surface area contributed by atoms with Gasteiger partial charge in [0, 0.05) is 42.8 Å². The molecule has 4 nitrogen and oxygen atoms in total. The second-order valence-electron chi connectivity index (χ2n) is 15.3. The largest absolute Gasteiger partial charge is 0.248 e. The van der Waals surface area contributed by atoms with Crippen molar-refractivity contribution < 1.29 is 0 Å². The molecule has 0 bridgehead atoms. The van der Waals surface area contributed by atoms with E-state index in [0.717, 1.165) is 77.9 Å². The molecule has 5 heteroatoms. The van der Waals surface area contributed by atoms with Gasteiger partial charge < -0.3 is 0 Å². The summed E-state index contributed by atoms with van der Waals surface area (Å²) in [5.74, 6) is 0. The number of hydrogen-bond donors (Lipinski definition) is 0. The van der Waals surface area contributed by atoms with Crippen LogP contribution in [0.4, 0.5) is 0 Å². The zero-order chi connectivity index (χ0) is 34.9. The maximum atomic E-state index is 5.46. The predicted molar refractivity (Wildman–Crippen MR) is 216 cm³/mol. The molecule has 0 saturated heterocycles. The van der Waals surface area contributed by atoms with Gasteiger partial charge in [0.15, 0.2) is 0 Å². The molecule has 9 aromatic rings. The van der Waals surface area contributed by atoms with Crippen molar-refractivity contribution in [3.05, 3.63) is 144 Å². The summed E-state index contributed by atoms with van der Waals surface area (Å²) in [6, 6.07) is 45.0. The third kappa shape index (κ3) is 5.35. The number of fused-ring (bicyclic) bond motifs is 9. The van der Waals surface area contributed by atoms with Crippen LogP contribution in [0.25, 0.3) is 75.5 Å². The van der Waals surface area contributed by atoms with Gasteiger partial charge in [-0.1, -0.05) is 156 Å². The van der Waals surface area contributed by atoms with E-state index in [0.29, 0.717) is 0 Å². The normalized spacial score (nSPS) is 12.5. The molecule has 248 valence electrons. The Morgan fingerprint density at radius 3 is 1.71 bits per heavy atom. The van der Waals surface area contributed by atoms with E-state index in [4.69, 9.17) is 19.9 Å². The van der Waals surface area contributed by atoms with Gasteiger partial charge in [0.1, 0.15) is 10.3 Å². The zero-order valence-corrected chi connectivity index (χ0v) is 30.3. The Balaban J connectivity index is 1.24. The van der Waals surface area contributed by atoms with Crippen LogP contribution in [0.5, 0.6) is 0 Å². The molecule has 0 aliphatic rings. The molecule has 0 saturated carbocycles. The van der Waals surface area contributed by atoms with Crippen molar-refractivity contribution in [2.45, 2.75) is 51.9 Å². The fourth-order valence-electron chi connectivity index (χ4n) is 7.57. The molecular formula is C46H38N4S. The summed E-state index contributed by atoms with van der Waals surface area (Å²) in [6.07, 6.45) is 0.793. The van der Waals surface area contributed by atoms with Gasteiger partial charge in [0.05, 0.1) is 33.8 Å². The Hall–Kier alpha value is -5.52. The predicted octanol–water partition coefficient (Wildman–Crippen LogP) is 12.2. The monoisotopic (exact) mass is 678 g/mol. The highest BCUT2D eigenvalue weighted by atomic mass is 32.1. The fourth-order valence-corrected chi connectivity index (χ4v) is 8.59. The Bertz CT molecular complexity index is 2780. The molecule has 3 heterocycles. The maximum absolute atomic E-state index is 5.46. The van der Waals surface area contributed by atoms with Gasteiger partial charge >= 0.3 is 0 Å². The molecule has 9 rings (SSSR count). The minimum absolute atomic E-state index is 0.183. The molecule has 0 amide bonds. The molecule has 0 radical (unpaired) electrons. The van der Waals surface area contributed by atoms with E-state index in [9.17, 15) is 0 Å². The summed E-state index contributed by atoms with van der Waals surface area (Å²) in [5, 5.41) is 5.79. The highest BCUT2D eigenvalue weighted by Gasteiger charge is 2.30. The molecule has 51 heavy (non-hydrogen) atoms. The molecule has 0 N–H and O–H groups in total. The summed E-state index contributed by atoms with van der Waals surface area (Å²) in [5.41, 5.74) is 9.71. The Morgan fingerprint density at radius 1 is 0.471 bits per heavy atom. The van der Waals surface area contributed by atoms with E-state index in [1.54, 1.807) is 11.3 Å². The molecule has 0 spiro atoms. The van der Waals surface area contributed by atoms with E-state index in [1.165, 1.54) is 21.0 Å². The van der Waals surface area contributed by atoms with E-state index in [2.05, 4.69) is 162 Å². The quantitative estimate of drug-likeness (QED) is 0.170. The number of benzene rings is 6. The summed E-state index contributed by atoms with van der Waals surface area (Å²) < 4.78 is 1.21. The van der Waals surface area contributed by atoms with Gasteiger partial charge in [-0.3, -0.25) is 0 Å². The van der Waals surface area contributed by atoms with Gasteiger partial charge in [-0.15, -0.1) is 11.3 Å². The van der Waals surface area contributed by atoms with Gasteiger partial charge in [0.25, 0.3) is 0 Å². The molecule has 0 atom stereocenters. The van der Waals surface area contributed by atoms with E-state index in [1.807, 2.05) is 0 Å². The third-order valence-corrected chi connectivity index (χ3v) is 11.1. The minimum Gasteiger partial charge on any atom is -0.248 e. The average Bonchev–Trinajstić information content (AvgIpc) is 3.52. The van der Waals surface area contributed by atoms with Crippen LogP contribution in [-0.4, -0.2) is 19.9 Å². The van der Waals surface area contributed by atoms with E-state index in [-0.39, 0.29) is 10.8 Å². The third-order valence-electron chi connectivity index (χ3n) is 10.0. The van der Waals surface area contributed by atoms with Gasteiger partial charge in [-0.25, -0.2) is 19.9 Å². The number of thiophene rings is 1. The van der Waals surface area contributed by atoms with Crippen molar-refractivity contribution in [1.82, 2.24) is 19.9 Å². The summed E-state index contributed by atoms with van der Waals surface area (Å²) in [4.78, 5) is 22.6. The van der Waals surface area contributed by atoms with Crippen molar-refractivity contribution >= 4 is 64.3 Å². The van der Waals surface area contributed by atoms with Crippen molar-refractivity contribution in [3.8, 4) is 22.5 Å². The summed E-state index contributed by atoms with van der Waals surface area (Å²) in [7, 11) is 0. The van der Waals surface area contributed by atoms with Crippen LogP contribution in [0.3, 0.4) is 0 Å². The maximum Gasteiger partial charge on any atom is 0.143 e. The van der Waals surface area contributed by atoms with Crippen molar-refractivity contribution in [3.63, 3.8) is 0 Å². The average molecular weight is 679 g/mol. The SMILES string of the molecule is CC(C)(C)c1nc2c3ccccc3c3cc(CC(C)(C)c4nc5c(nc4-c4ccccc4)sc4ccccc45)ccc3c2nc1-c1ccccc1. The van der Waals surface area contributed by atoms with Crippen molar-refractivity contribution in [2.24, 2.45) is 0 Å². The minimum atomic E-state index is -0.322. The first kappa shape index (κ1) is 31.5. The van der Waals surface area contributed by atoms with Gasteiger partial charge in [-0.2, -0.15) is 0 Å². The second kappa shape index (κ2) is 11.8. The Labute approximate surface area is 301 Å². The highest BCUT2D eigenvalue weighted by molar-refractivity contribution is 7.25. The summed E-state index contributed by atoms with van der Waals surface area (Å²) in [6.45, 7) is 11.3. The number of hydrogen-bond acceptors (Lipinski definition) is 5. The first-order valence-electron chi connectivity index (χ1n) is 17.6. The first-order chi connectivity index (χ1) is 24.7. The van der Waals surface area contributed by atoms with Gasteiger partial charge in [0.2, 0.25) is 0 Å². The lowest BCUT2D eigenvalue weighted by molar-refractivity contribution is 0.508. The van der Waals surface area contributed by atoms with Crippen LogP contribution in [0.1, 0.15) is 51.6 Å². The van der Waals surface area contributed by atoms with E-state index < -0.39 is 0 Å². The second-order valence-corrected chi connectivity index (χ2v) is 16.3. The standard InChI is InChI=1S/C46H38N4S/c1-45(2,3)42-37(29-16-8-6-9-17-29)47-39-33-25-24-28(26-35(33)31-20-12-13-21-32(31)40(39)48-42)27-46(4,5)43-38(30-18-10-7-11-19-30)50-44-41(49-43)34-22-14-15-23-36(34)51-44/h6-26H,27H2,1-5H3. The Kier molecular flexibility index (Phi) is 7.27. The lowest BCUT2D eigenvalue weighted by Crippen LogP contribution is -2.24. The first-order valence-corrected chi connectivity index (χ1v) is 18.4.